The predicted molar refractivity (Wildman–Crippen MR) is 162 cm³/mol. The van der Waals surface area contributed by atoms with E-state index in [-0.39, 0.29) is 23.8 Å². The Morgan fingerprint density at radius 2 is 1.71 bits per heavy atom. The average molecular weight is 628 g/mol. The van der Waals surface area contributed by atoms with Crippen molar-refractivity contribution in [2.45, 2.75) is 6.61 Å². The maximum absolute atomic E-state index is 13.6. The third-order valence-electron chi connectivity index (χ3n) is 6.55. The van der Waals surface area contributed by atoms with Crippen LogP contribution in [0.1, 0.15) is 11.1 Å². The molecule has 0 fully saturated rings. The van der Waals surface area contributed by atoms with Crippen molar-refractivity contribution in [2.75, 3.05) is 14.2 Å². The molecule has 0 radical (unpaired) electrons. The number of benzene rings is 4. The molecule has 2 heterocycles. The molecule has 2 aromatic heterocycles. The van der Waals surface area contributed by atoms with Crippen molar-refractivity contribution in [1.82, 2.24) is 9.66 Å². The number of hydrogen-bond acceptors (Lipinski definition) is 7. The van der Waals surface area contributed by atoms with Crippen molar-refractivity contribution in [3.8, 4) is 28.8 Å². The molecule has 6 rings (SSSR count). The zero-order valence-electron chi connectivity index (χ0n) is 22.5. The highest BCUT2D eigenvalue weighted by molar-refractivity contribution is 9.10. The Balaban J connectivity index is 1.41. The number of methoxy groups -OCH3 is 2. The fourth-order valence-electron chi connectivity index (χ4n) is 4.49. The number of nitrogens with zero attached hydrogens (tertiary/aromatic N) is 3. The summed E-state index contributed by atoms with van der Waals surface area (Å²) in [6, 6.07) is 24.0. The fraction of sp³-hybridized carbons (Fsp3) is 0.0938. The number of fused-ring (bicyclic) bond motifs is 2. The van der Waals surface area contributed by atoms with Crippen LogP contribution in [0, 0.1) is 5.82 Å². The van der Waals surface area contributed by atoms with Crippen LogP contribution >= 0.6 is 15.9 Å². The van der Waals surface area contributed by atoms with Gasteiger partial charge in [-0.2, -0.15) is 9.78 Å². The number of furan rings is 1. The molecule has 210 valence electrons. The Hall–Kier alpha value is -4.96. The Kier molecular flexibility index (Phi) is 7.45. The van der Waals surface area contributed by atoms with Crippen LogP contribution in [0.3, 0.4) is 0 Å². The summed E-state index contributed by atoms with van der Waals surface area (Å²) in [5.41, 5.74) is 2.18. The normalized spacial score (nSPS) is 11.4. The summed E-state index contributed by atoms with van der Waals surface area (Å²) < 4.78 is 38.6. The highest BCUT2D eigenvalue weighted by Gasteiger charge is 2.18. The summed E-state index contributed by atoms with van der Waals surface area (Å²) in [6.45, 7) is 0.177. The lowest BCUT2D eigenvalue weighted by Crippen LogP contribution is -2.20. The summed E-state index contributed by atoms with van der Waals surface area (Å²) in [4.78, 5) is 18.3. The Morgan fingerprint density at radius 1 is 0.976 bits per heavy atom. The average Bonchev–Trinajstić information content (AvgIpc) is 3.43. The minimum Gasteiger partial charge on any atom is -0.493 e. The van der Waals surface area contributed by atoms with Crippen LogP contribution in [0.15, 0.2) is 104 Å². The molecule has 0 amide bonds. The van der Waals surface area contributed by atoms with Crippen LogP contribution < -0.4 is 19.8 Å². The molecule has 42 heavy (non-hydrogen) atoms. The molecule has 10 heteroatoms. The van der Waals surface area contributed by atoms with Gasteiger partial charge in [-0.25, -0.2) is 9.37 Å². The zero-order chi connectivity index (χ0) is 29.2. The Bertz CT molecular complexity index is 1990. The summed E-state index contributed by atoms with van der Waals surface area (Å²) in [7, 11) is 3.02. The molecule has 6 aromatic rings. The van der Waals surface area contributed by atoms with Crippen molar-refractivity contribution in [2.24, 2.45) is 5.10 Å². The van der Waals surface area contributed by atoms with E-state index in [1.165, 1.54) is 37.2 Å². The number of ether oxygens (including phenoxy) is 3. The predicted octanol–water partition coefficient (Wildman–Crippen LogP) is 7.19. The molecule has 0 aliphatic heterocycles. The monoisotopic (exact) mass is 627 g/mol. The van der Waals surface area contributed by atoms with E-state index in [1.54, 1.807) is 42.5 Å². The molecular weight excluding hydrogens is 605 g/mol. The maximum Gasteiger partial charge on any atom is 0.282 e. The fourth-order valence-corrected chi connectivity index (χ4v) is 4.87. The van der Waals surface area contributed by atoms with Gasteiger partial charge in [-0.3, -0.25) is 4.79 Å². The van der Waals surface area contributed by atoms with Crippen LogP contribution in [0.25, 0.3) is 33.5 Å². The van der Waals surface area contributed by atoms with Crippen molar-refractivity contribution >= 4 is 44.0 Å². The molecule has 0 aliphatic carbocycles. The number of aromatic nitrogens is 2. The third-order valence-corrected chi connectivity index (χ3v) is 7.05. The zero-order valence-corrected chi connectivity index (χ0v) is 24.1. The lowest BCUT2D eigenvalue weighted by molar-refractivity contribution is 0.266. The molecule has 0 saturated heterocycles. The highest BCUT2D eigenvalue weighted by Crippen LogP contribution is 2.39. The highest BCUT2D eigenvalue weighted by atomic mass is 79.9. The van der Waals surface area contributed by atoms with Crippen molar-refractivity contribution in [3.63, 3.8) is 0 Å². The smallest absolute Gasteiger partial charge is 0.282 e. The Morgan fingerprint density at radius 3 is 2.45 bits per heavy atom. The first kappa shape index (κ1) is 27.2. The second-order valence-corrected chi connectivity index (χ2v) is 10.2. The molecule has 0 bridgehead atoms. The lowest BCUT2D eigenvalue weighted by Gasteiger charge is -2.15. The number of hydrogen-bond donors (Lipinski definition) is 0. The van der Waals surface area contributed by atoms with Crippen molar-refractivity contribution in [3.05, 3.63) is 117 Å². The molecule has 0 aliphatic rings. The molecule has 0 saturated carbocycles. The lowest BCUT2D eigenvalue weighted by atomic mass is 10.2. The largest absolute Gasteiger partial charge is 0.493 e. The van der Waals surface area contributed by atoms with E-state index in [2.05, 4.69) is 21.0 Å². The first-order valence-corrected chi connectivity index (χ1v) is 13.6. The van der Waals surface area contributed by atoms with Crippen LogP contribution in [0.5, 0.6) is 17.2 Å². The van der Waals surface area contributed by atoms with E-state index < -0.39 is 0 Å². The standard InChI is InChI=1S/C32H23BrFN3O5/c1-39-27-13-20(14-28(40-2)30(27)41-18-19-7-10-23(34)11-8-19)17-35-37-31(36-25-6-4-3-5-24(25)32(37)38)29-16-21-15-22(33)9-12-26(21)42-29/h3-17H,18H2,1-2H3. The summed E-state index contributed by atoms with van der Waals surface area (Å²) in [6.07, 6.45) is 1.51. The van der Waals surface area contributed by atoms with Gasteiger partial charge < -0.3 is 18.6 Å². The minimum absolute atomic E-state index is 0.177. The molecule has 0 atom stereocenters. The van der Waals surface area contributed by atoms with Gasteiger partial charge in [0.15, 0.2) is 17.3 Å². The summed E-state index contributed by atoms with van der Waals surface area (Å²) in [5, 5.41) is 5.80. The molecule has 0 unspecified atom stereocenters. The van der Waals surface area contributed by atoms with E-state index in [9.17, 15) is 9.18 Å². The number of rotatable bonds is 8. The molecule has 0 spiro atoms. The third kappa shape index (κ3) is 5.36. The van der Waals surface area contributed by atoms with E-state index in [0.29, 0.717) is 45.1 Å². The number of halogens is 2. The molecule has 4 aromatic carbocycles. The second kappa shape index (κ2) is 11.5. The van der Waals surface area contributed by atoms with Crippen LogP contribution in [-0.4, -0.2) is 30.1 Å². The van der Waals surface area contributed by atoms with Gasteiger partial charge in [0.2, 0.25) is 11.6 Å². The molecule has 0 N–H and O–H groups in total. The van der Waals surface area contributed by atoms with E-state index >= 15 is 0 Å². The summed E-state index contributed by atoms with van der Waals surface area (Å²) >= 11 is 3.48. The van der Waals surface area contributed by atoms with Gasteiger partial charge >= 0.3 is 0 Å². The van der Waals surface area contributed by atoms with Crippen LogP contribution in [0.4, 0.5) is 4.39 Å². The van der Waals surface area contributed by atoms with Gasteiger partial charge in [0.1, 0.15) is 18.0 Å². The van der Waals surface area contributed by atoms with E-state index in [0.717, 1.165) is 15.4 Å². The second-order valence-electron chi connectivity index (χ2n) is 9.28. The van der Waals surface area contributed by atoms with Crippen LogP contribution in [0.2, 0.25) is 0 Å². The minimum atomic E-state index is -0.355. The van der Waals surface area contributed by atoms with Gasteiger partial charge in [-0.1, -0.05) is 40.2 Å². The number of para-hydroxylation sites is 1. The van der Waals surface area contributed by atoms with Gasteiger partial charge in [-0.15, -0.1) is 0 Å². The topological polar surface area (TPSA) is 88.1 Å². The van der Waals surface area contributed by atoms with Gasteiger partial charge in [0.25, 0.3) is 5.56 Å². The molecule has 8 nitrogen and oxygen atoms in total. The maximum atomic E-state index is 13.6. The van der Waals surface area contributed by atoms with Crippen molar-refractivity contribution < 1.29 is 23.0 Å². The summed E-state index contributed by atoms with van der Waals surface area (Å²) in [5.74, 6) is 1.48. The first-order chi connectivity index (χ1) is 20.4. The van der Waals surface area contributed by atoms with Gasteiger partial charge in [-0.05, 0) is 66.2 Å². The van der Waals surface area contributed by atoms with Gasteiger partial charge in [0.05, 0.1) is 31.3 Å². The Labute approximate surface area is 247 Å². The first-order valence-electron chi connectivity index (χ1n) is 12.8. The van der Waals surface area contributed by atoms with Crippen molar-refractivity contribution in [1.29, 1.82) is 0 Å². The SMILES string of the molecule is COc1cc(C=Nn2c(-c3cc4cc(Br)ccc4o3)nc3ccccc3c2=O)cc(OC)c1OCc1ccc(F)cc1. The quantitative estimate of drug-likeness (QED) is 0.166. The van der Waals surface area contributed by atoms with Crippen LogP contribution in [-0.2, 0) is 6.61 Å². The van der Waals surface area contributed by atoms with E-state index in [4.69, 9.17) is 23.6 Å². The van der Waals surface area contributed by atoms with E-state index in [1.807, 2.05) is 30.3 Å². The molecular formula is C32H23BrFN3O5. The van der Waals surface area contributed by atoms with Gasteiger partial charge in [0, 0.05) is 15.4 Å².